The topological polar surface area (TPSA) is 82.4 Å². The second kappa shape index (κ2) is 6.69. The van der Waals surface area contributed by atoms with Crippen LogP contribution in [-0.4, -0.2) is 11.9 Å². The number of hydrogen-bond acceptors (Lipinski definition) is 4. The number of furan rings is 1. The number of carboxylic acids is 1. The maximum Gasteiger partial charge on any atom is 0.287 e. The predicted octanol–water partition coefficient (Wildman–Crippen LogP) is 2.19. The molecule has 0 unspecified atom stereocenters. The van der Waals surface area contributed by atoms with Crippen molar-refractivity contribution in [3.63, 3.8) is 0 Å². The first-order chi connectivity index (χ1) is 10.8. The normalized spacial score (nSPS) is 12.7. The van der Waals surface area contributed by atoms with Gasteiger partial charge in [0, 0.05) is 12.4 Å². The highest BCUT2D eigenvalue weighted by atomic mass is 16.4. The summed E-state index contributed by atoms with van der Waals surface area (Å²) in [6.45, 7) is 6.29. The largest absolute Gasteiger partial charge is 0.550 e. The van der Waals surface area contributed by atoms with Crippen molar-refractivity contribution in [1.29, 1.82) is 0 Å². The Labute approximate surface area is 135 Å². The van der Waals surface area contributed by atoms with Gasteiger partial charge in [-0.05, 0) is 28.7 Å². The average molecular weight is 314 g/mol. The zero-order valence-electron chi connectivity index (χ0n) is 13.5. The van der Waals surface area contributed by atoms with E-state index < -0.39 is 17.9 Å². The van der Waals surface area contributed by atoms with Crippen LogP contribution in [0.1, 0.15) is 54.9 Å². The lowest BCUT2D eigenvalue weighted by molar-refractivity contribution is -0.306. The molecule has 0 aliphatic heterocycles. The number of benzene rings is 1. The van der Waals surface area contributed by atoms with E-state index in [4.69, 9.17) is 4.42 Å². The summed E-state index contributed by atoms with van der Waals surface area (Å²) in [6, 6.07) is 9.99. The summed E-state index contributed by atoms with van der Waals surface area (Å²) in [5, 5.41) is 13.7. The van der Waals surface area contributed by atoms with Crippen LogP contribution < -0.4 is 10.4 Å². The van der Waals surface area contributed by atoms with Gasteiger partial charge in [0.25, 0.3) is 5.91 Å². The molecular formula is C18H20NO4-. The molecule has 1 aromatic heterocycles. The maximum absolute atomic E-state index is 12.1. The maximum atomic E-state index is 12.1. The number of hydrogen-bond donors (Lipinski definition) is 1. The standard InChI is InChI=1S/C18H21NO4/c1-18(2,3)13-8-6-12(7-9-13)14(11-16(20)21)19-17(22)15-5-4-10-23-15/h4-10,14H,11H2,1-3H3,(H,19,22)(H,20,21)/p-1/t14-/m0/s1. The summed E-state index contributed by atoms with van der Waals surface area (Å²) in [4.78, 5) is 23.1. The van der Waals surface area contributed by atoms with Crippen LogP contribution in [0.3, 0.4) is 0 Å². The molecule has 0 saturated heterocycles. The van der Waals surface area contributed by atoms with Crippen molar-refractivity contribution in [2.45, 2.75) is 38.6 Å². The molecule has 2 rings (SSSR count). The molecule has 1 amide bonds. The van der Waals surface area contributed by atoms with E-state index in [0.717, 1.165) is 5.56 Å². The third-order valence-electron chi connectivity index (χ3n) is 3.60. The SMILES string of the molecule is CC(C)(C)c1ccc([C@H](CC(=O)[O-])NC(=O)c2ccco2)cc1. The van der Waals surface area contributed by atoms with E-state index in [-0.39, 0.29) is 17.6 Å². The average Bonchev–Trinajstić information content (AvgIpc) is 2.99. The molecule has 0 aliphatic carbocycles. The number of carbonyl (C=O) groups is 2. The second-order valence-electron chi connectivity index (χ2n) is 6.45. The summed E-state index contributed by atoms with van der Waals surface area (Å²) in [5.74, 6) is -1.55. The number of aliphatic carboxylic acids is 1. The molecule has 122 valence electrons. The molecule has 5 nitrogen and oxygen atoms in total. The molecule has 0 spiro atoms. The predicted molar refractivity (Wildman–Crippen MR) is 83.7 cm³/mol. The molecule has 0 bridgehead atoms. The zero-order valence-corrected chi connectivity index (χ0v) is 13.5. The van der Waals surface area contributed by atoms with E-state index in [1.807, 2.05) is 24.3 Å². The molecular weight excluding hydrogens is 294 g/mol. The Bertz CT molecular complexity index is 666. The first-order valence-electron chi connectivity index (χ1n) is 7.42. The minimum atomic E-state index is -1.23. The van der Waals surface area contributed by atoms with E-state index in [2.05, 4.69) is 26.1 Å². The van der Waals surface area contributed by atoms with Gasteiger partial charge >= 0.3 is 0 Å². The Hall–Kier alpha value is -2.56. The summed E-state index contributed by atoms with van der Waals surface area (Å²) in [6.07, 6.45) is 1.09. The Morgan fingerprint density at radius 2 is 1.83 bits per heavy atom. The van der Waals surface area contributed by atoms with E-state index in [0.29, 0.717) is 5.56 Å². The van der Waals surface area contributed by atoms with Crippen LogP contribution in [0.15, 0.2) is 47.1 Å². The van der Waals surface area contributed by atoms with Crippen molar-refractivity contribution in [3.8, 4) is 0 Å². The van der Waals surface area contributed by atoms with E-state index in [1.54, 1.807) is 6.07 Å². The fraction of sp³-hybridized carbons (Fsp3) is 0.333. The van der Waals surface area contributed by atoms with Crippen molar-refractivity contribution < 1.29 is 19.1 Å². The molecule has 1 heterocycles. The molecule has 1 atom stereocenters. The first-order valence-corrected chi connectivity index (χ1v) is 7.42. The Kier molecular flexibility index (Phi) is 4.89. The van der Waals surface area contributed by atoms with Crippen molar-refractivity contribution in [2.75, 3.05) is 0 Å². The minimum Gasteiger partial charge on any atom is -0.550 e. The monoisotopic (exact) mass is 314 g/mol. The molecule has 2 aromatic rings. The number of nitrogens with one attached hydrogen (secondary N) is 1. The Balaban J connectivity index is 2.21. The summed E-state index contributed by atoms with van der Waals surface area (Å²) in [7, 11) is 0. The van der Waals surface area contributed by atoms with Crippen LogP contribution in [0.4, 0.5) is 0 Å². The fourth-order valence-electron chi connectivity index (χ4n) is 2.27. The van der Waals surface area contributed by atoms with Crippen LogP contribution in [0.5, 0.6) is 0 Å². The number of carbonyl (C=O) groups excluding carboxylic acids is 2. The molecule has 1 N–H and O–H groups in total. The van der Waals surface area contributed by atoms with Gasteiger partial charge in [-0.15, -0.1) is 0 Å². The number of carboxylic acid groups (broad SMARTS) is 1. The van der Waals surface area contributed by atoms with Gasteiger partial charge in [-0.2, -0.15) is 0 Å². The van der Waals surface area contributed by atoms with Gasteiger partial charge in [0.15, 0.2) is 5.76 Å². The molecule has 0 fully saturated rings. The van der Waals surface area contributed by atoms with Crippen LogP contribution >= 0.6 is 0 Å². The molecule has 0 aliphatic rings. The van der Waals surface area contributed by atoms with Crippen LogP contribution in [0.2, 0.25) is 0 Å². The Morgan fingerprint density at radius 1 is 1.17 bits per heavy atom. The second-order valence-corrected chi connectivity index (χ2v) is 6.45. The molecule has 0 saturated carbocycles. The fourth-order valence-corrected chi connectivity index (χ4v) is 2.27. The summed E-state index contributed by atoms with van der Waals surface area (Å²) >= 11 is 0. The van der Waals surface area contributed by atoms with E-state index in [1.165, 1.54) is 12.3 Å². The highest BCUT2D eigenvalue weighted by molar-refractivity contribution is 5.91. The van der Waals surface area contributed by atoms with Crippen LogP contribution in [0.25, 0.3) is 0 Å². The number of amides is 1. The van der Waals surface area contributed by atoms with Gasteiger partial charge in [0.05, 0.1) is 12.3 Å². The smallest absolute Gasteiger partial charge is 0.287 e. The molecule has 1 aromatic carbocycles. The van der Waals surface area contributed by atoms with Crippen molar-refractivity contribution in [2.24, 2.45) is 0 Å². The third kappa shape index (κ3) is 4.45. The molecule has 23 heavy (non-hydrogen) atoms. The van der Waals surface area contributed by atoms with Crippen molar-refractivity contribution in [3.05, 3.63) is 59.5 Å². The minimum absolute atomic E-state index is 0.000202. The molecule has 0 radical (unpaired) electrons. The van der Waals surface area contributed by atoms with E-state index >= 15 is 0 Å². The third-order valence-corrected chi connectivity index (χ3v) is 3.60. The number of rotatable bonds is 5. The summed E-state index contributed by atoms with van der Waals surface area (Å²) in [5.41, 5.74) is 1.84. The van der Waals surface area contributed by atoms with Gasteiger partial charge in [-0.1, -0.05) is 45.0 Å². The van der Waals surface area contributed by atoms with Gasteiger partial charge in [-0.3, -0.25) is 4.79 Å². The van der Waals surface area contributed by atoms with Gasteiger partial charge in [0.2, 0.25) is 0 Å². The summed E-state index contributed by atoms with van der Waals surface area (Å²) < 4.78 is 5.03. The highest BCUT2D eigenvalue weighted by Crippen LogP contribution is 2.25. The van der Waals surface area contributed by atoms with Gasteiger partial charge in [0.1, 0.15) is 0 Å². The lowest BCUT2D eigenvalue weighted by Crippen LogP contribution is -2.34. The van der Waals surface area contributed by atoms with Crippen LogP contribution in [-0.2, 0) is 10.2 Å². The lowest BCUT2D eigenvalue weighted by Gasteiger charge is -2.22. The first kappa shape index (κ1) is 16.8. The highest BCUT2D eigenvalue weighted by Gasteiger charge is 2.19. The van der Waals surface area contributed by atoms with Crippen LogP contribution in [0, 0.1) is 0 Å². The molecule has 5 heteroatoms. The van der Waals surface area contributed by atoms with Crippen molar-refractivity contribution >= 4 is 11.9 Å². The lowest BCUT2D eigenvalue weighted by atomic mass is 9.86. The quantitative estimate of drug-likeness (QED) is 0.917. The zero-order chi connectivity index (χ0) is 17.0. The van der Waals surface area contributed by atoms with Gasteiger partial charge in [-0.25, -0.2) is 0 Å². The Morgan fingerprint density at radius 3 is 2.30 bits per heavy atom. The van der Waals surface area contributed by atoms with E-state index in [9.17, 15) is 14.7 Å². The van der Waals surface area contributed by atoms with Crippen molar-refractivity contribution in [1.82, 2.24) is 5.32 Å². The van der Waals surface area contributed by atoms with Gasteiger partial charge < -0.3 is 19.6 Å².